The number of hydrogen-bond donors (Lipinski definition) is 1. The molecule has 0 unspecified atom stereocenters. The number of methoxy groups -OCH3 is 1. The van der Waals surface area contributed by atoms with Crippen molar-refractivity contribution >= 4 is 17.3 Å². The third kappa shape index (κ3) is 2.68. The molecule has 5 nitrogen and oxygen atoms in total. The Labute approximate surface area is 126 Å². The summed E-state index contributed by atoms with van der Waals surface area (Å²) in [6.07, 6.45) is 0. The SMILES string of the molecule is COc1ccc(-c2nc(-c3ccc(N)cc3Cl)no2)cc1. The highest BCUT2D eigenvalue weighted by atomic mass is 35.5. The molecule has 0 saturated heterocycles. The molecular weight excluding hydrogens is 290 g/mol. The molecule has 21 heavy (non-hydrogen) atoms. The zero-order chi connectivity index (χ0) is 14.8. The molecule has 0 radical (unpaired) electrons. The van der Waals surface area contributed by atoms with E-state index in [0.717, 1.165) is 11.3 Å². The Kier molecular flexibility index (Phi) is 3.50. The molecule has 0 aliphatic rings. The first-order valence-electron chi connectivity index (χ1n) is 6.21. The quantitative estimate of drug-likeness (QED) is 0.747. The predicted octanol–water partition coefficient (Wildman–Crippen LogP) is 3.65. The first-order chi connectivity index (χ1) is 10.2. The molecular formula is C15H12ClN3O2. The number of hydrogen-bond acceptors (Lipinski definition) is 5. The van der Waals surface area contributed by atoms with Crippen LogP contribution in [0.15, 0.2) is 47.0 Å². The summed E-state index contributed by atoms with van der Waals surface area (Å²) in [5.41, 5.74) is 7.74. The fourth-order valence-corrected chi connectivity index (χ4v) is 2.17. The van der Waals surface area contributed by atoms with Gasteiger partial charge in [0.05, 0.1) is 12.1 Å². The number of benzene rings is 2. The monoisotopic (exact) mass is 301 g/mol. The predicted molar refractivity (Wildman–Crippen MR) is 81.1 cm³/mol. The van der Waals surface area contributed by atoms with Crippen LogP contribution in [0.1, 0.15) is 0 Å². The van der Waals surface area contributed by atoms with E-state index in [4.69, 9.17) is 26.6 Å². The molecule has 2 aromatic carbocycles. The van der Waals surface area contributed by atoms with Crippen LogP contribution in [0.2, 0.25) is 5.02 Å². The minimum atomic E-state index is 0.417. The molecule has 3 rings (SSSR count). The minimum absolute atomic E-state index is 0.417. The number of nitrogens with zero attached hydrogens (tertiary/aromatic N) is 2. The summed E-state index contributed by atoms with van der Waals surface area (Å²) in [5.74, 6) is 1.60. The van der Waals surface area contributed by atoms with Crippen LogP contribution in [-0.4, -0.2) is 17.3 Å². The van der Waals surface area contributed by atoms with Gasteiger partial charge in [0.2, 0.25) is 5.82 Å². The Balaban J connectivity index is 1.95. The van der Waals surface area contributed by atoms with E-state index in [9.17, 15) is 0 Å². The van der Waals surface area contributed by atoms with E-state index < -0.39 is 0 Å². The number of halogens is 1. The van der Waals surface area contributed by atoms with Crippen LogP contribution < -0.4 is 10.5 Å². The summed E-state index contributed by atoms with van der Waals surface area (Å²) >= 11 is 6.14. The average Bonchev–Trinajstić information content (AvgIpc) is 2.97. The minimum Gasteiger partial charge on any atom is -0.497 e. The van der Waals surface area contributed by atoms with Gasteiger partial charge in [-0.1, -0.05) is 16.8 Å². The van der Waals surface area contributed by atoms with Crippen molar-refractivity contribution in [2.24, 2.45) is 0 Å². The van der Waals surface area contributed by atoms with Crippen molar-refractivity contribution in [1.29, 1.82) is 0 Å². The van der Waals surface area contributed by atoms with E-state index in [2.05, 4.69) is 10.1 Å². The topological polar surface area (TPSA) is 74.2 Å². The Morgan fingerprint density at radius 1 is 1.14 bits per heavy atom. The van der Waals surface area contributed by atoms with Crippen LogP contribution in [0.25, 0.3) is 22.8 Å². The van der Waals surface area contributed by atoms with Crippen LogP contribution in [-0.2, 0) is 0 Å². The highest BCUT2D eigenvalue weighted by Gasteiger charge is 2.13. The van der Waals surface area contributed by atoms with E-state index in [1.807, 2.05) is 24.3 Å². The van der Waals surface area contributed by atoms with Gasteiger partial charge in [-0.3, -0.25) is 0 Å². The maximum atomic E-state index is 6.14. The second-order valence-electron chi connectivity index (χ2n) is 4.39. The summed E-state index contributed by atoms with van der Waals surface area (Å²) in [4.78, 5) is 4.35. The van der Waals surface area contributed by atoms with Gasteiger partial charge in [0.1, 0.15) is 5.75 Å². The number of rotatable bonds is 3. The molecule has 0 bridgehead atoms. The van der Waals surface area contributed by atoms with Crippen molar-refractivity contribution in [3.63, 3.8) is 0 Å². The average molecular weight is 302 g/mol. The van der Waals surface area contributed by atoms with Gasteiger partial charge in [0, 0.05) is 16.8 Å². The number of aromatic nitrogens is 2. The summed E-state index contributed by atoms with van der Waals surface area (Å²) in [6.45, 7) is 0. The van der Waals surface area contributed by atoms with E-state index >= 15 is 0 Å². The Morgan fingerprint density at radius 3 is 2.57 bits per heavy atom. The third-order valence-electron chi connectivity index (χ3n) is 3.00. The van der Waals surface area contributed by atoms with Gasteiger partial charge in [0.15, 0.2) is 0 Å². The zero-order valence-corrected chi connectivity index (χ0v) is 12.0. The van der Waals surface area contributed by atoms with Crippen LogP contribution >= 0.6 is 11.6 Å². The van der Waals surface area contributed by atoms with Gasteiger partial charge in [-0.2, -0.15) is 4.98 Å². The molecule has 0 saturated carbocycles. The molecule has 2 N–H and O–H groups in total. The van der Waals surface area contributed by atoms with E-state index in [1.165, 1.54) is 0 Å². The lowest BCUT2D eigenvalue weighted by molar-refractivity contribution is 0.414. The molecule has 0 spiro atoms. The van der Waals surface area contributed by atoms with Crippen molar-refractivity contribution in [3.05, 3.63) is 47.5 Å². The van der Waals surface area contributed by atoms with E-state index in [-0.39, 0.29) is 0 Å². The number of nitrogens with two attached hydrogens (primary N) is 1. The van der Waals surface area contributed by atoms with Gasteiger partial charge >= 0.3 is 0 Å². The lowest BCUT2D eigenvalue weighted by atomic mass is 10.2. The van der Waals surface area contributed by atoms with Crippen LogP contribution in [0.3, 0.4) is 0 Å². The second kappa shape index (κ2) is 5.46. The normalized spacial score (nSPS) is 10.6. The summed E-state index contributed by atoms with van der Waals surface area (Å²) in [5, 5.41) is 4.44. The van der Waals surface area contributed by atoms with Gasteiger partial charge in [-0.15, -0.1) is 0 Å². The van der Waals surface area contributed by atoms with Crippen molar-refractivity contribution in [2.75, 3.05) is 12.8 Å². The fourth-order valence-electron chi connectivity index (χ4n) is 1.90. The number of ether oxygens (including phenoxy) is 1. The van der Waals surface area contributed by atoms with Gasteiger partial charge in [-0.25, -0.2) is 0 Å². The van der Waals surface area contributed by atoms with Crippen LogP contribution in [0, 0.1) is 0 Å². The smallest absolute Gasteiger partial charge is 0.258 e. The molecule has 3 aromatic rings. The van der Waals surface area contributed by atoms with E-state index in [0.29, 0.717) is 28.0 Å². The number of nitrogen functional groups attached to an aromatic ring is 1. The van der Waals surface area contributed by atoms with Crippen molar-refractivity contribution in [1.82, 2.24) is 10.1 Å². The molecule has 0 aliphatic carbocycles. The van der Waals surface area contributed by atoms with E-state index in [1.54, 1.807) is 25.3 Å². The van der Waals surface area contributed by atoms with Crippen molar-refractivity contribution in [2.45, 2.75) is 0 Å². The molecule has 0 amide bonds. The standard InChI is InChI=1S/C15H12ClN3O2/c1-20-11-5-2-9(3-6-11)15-18-14(19-21-15)12-7-4-10(17)8-13(12)16/h2-8H,17H2,1H3. The molecule has 0 aliphatic heterocycles. The Morgan fingerprint density at radius 2 is 1.90 bits per heavy atom. The number of anilines is 1. The Bertz CT molecular complexity index is 769. The lowest BCUT2D eigenvalue weighted by Crippen LogP contribution is -1.87. The van der Waals surface area contributed by atoms with Crippen LogP contribution in [0.5, 0.6) is 5.75 Å². The maximum absolute atomic E-state index is 6.14. The van der Waals surface area contributed by atoms with Gasteiger partial charge in [0.25, 0.3) is 5.89 Å². The molecule has 1 heterocycles. The van der Waals surface area contributed by atoms with Gasteiger partial charge < -0.3 is 15.0 Å². The highest BCUT2D eigenvalue weighted by Crippen LogP contribution is 2.29. The van der Waals surface area contributed by atoms with Crippen molar-refractivity contribution < 1.29 is 9.26 Å². The van der Waals surface area contributed by atoms with Crippen molar-refractivity contribution in [3.8, 4) is 28.6 Å². The van der Waals surface area contributed by atoms with Crippen LogP contribution in [0.4, 0.5) is 5.69 Å². The second-order valence-corrected chi connectivity index (χ2v) is 4.80. The third-order valence-corrected chi connectivity index (χ3v) is 3.31. The highest BCUT2D eigenvalue weighted by molar-refractivity contribution is 6.33. The first-order valence-corrected chi connectivity index (χ1v) is 6.58. The lowest BCUT2D eigenvalue weighted by Gasteiger charge is -2.00. The zero-order valence-electron chi connectivity index (χ0n) is 11.2. The summed E-state index contributed by atoms with van der Waals surface area (Å²) in [6, 6.07) is 12.5. The maximum Gasteiger partial charge on any atom is 0.258 e. The largest absolute Gasteiger partial charge is 0.497 e. The molecule has 106 valence electrons. The molecule has 0 atom stereocenters. The molecule has 0 fully saturated rings. The molecule has 1 aromatic heterocycles. The van der Waals surface area contributed by atoms with Gasteiger partial charge in [-0.05, 0) is 42.5 Å². The fraction of sp³-hybridized carbons (Fsp3) is 0.0667. The molecule has 6 heteroatoms. The summed E-state index contributed by atoms with van der Waals surface area (Å²) in [7, 11) is 1.61. The Hall–Kier alpha value is -2.53. The first kappa shape index (κ1) is 13.5. The summed E-state index contributed by atoms with van der Waals surface area (Å²) < 4.78 is 10.4.